The first-order valence-corrected chi connectivity index (χ1v) is 7.71. The van der Waals surface area contributed by atoms with Crippen molar-refractivity contribution in [3.63, 3.8) is 0 Å². The normalized spacial score (nSPS) is 10.4. The first kappa shape index (κ1) is 16.7. The molecule has 0 radical (unpaired) electrons. The Kier molecular flexibility index (Phi) is 4.76. The van der Waals surface area contributed by atoms with E-state index in [1.807, 2.05) is 0 Å². The summed E-state index contributed by atoms with van der Waals surface area (Å²) < 4.78 is 1.17. The zero-order valence-electron chi connectivity index (χ0n) is 12.9. The number of benzene rings is 2. The van der Waals surface area contributed by atoms with Gasteiger partial charge in [-0.05, 0) is 30.3 Å². The molecular formula is C17H13ClN4O3. The highest BCUT2D eigenvalue weighted by molar-refractivity contribution is 6.30. The van der Waals surface area contributed by atoms with Gasteiger partial charge in [0.2, 0.25) is 0 Å². The number of nitrogens with one attached hydrogen (secondary N) is 2. The Balaban J connectivity index is 1.66. The highest BCUT2D eigenvalue weighted by Gasteiger charge is 2.10. The molecule has 8 heteroatoms. The van der Waals surface area contributed by atoms with E-state index in [2.05, 4.69) is 15.8 Å². The number of carbonyl (C=O) groups is 2. The third-order valence-electron chi connectivity index (χ3n) is 3.45. The summed E-state index contributed by atoms with van der Waals surface area (Å²) in [6, 6.07) is 13.1. The molecule has 0 aliphatic carbocycles. The molecule has 0 aliphatic heterocycles. The van der Waals surface area contributed by atoms with Gasteiger partial charge in [-0.3, -0.25) is 29.8 Å². The molecule has 3 aromatic rings. The number of halogens is 1. The Morgan fingerprint density at radius 2 is 1.88 bits per heavy atom. The van der Waals surface area contributed by atoms with Crippen molar-refractivity contribution in [2.75, 3.05) is 0 Å². The minimum absolute atomic E-state index is 0.271. The molecule has 0 aliphatic rings. The zero-order valence-corrected chi connectivity index (χ0v) is 13.7. The summed E-state index contributed by atoms with van der Waals surface area (Å²) in [6.07, 6.45) is 1.29. The lowest BCUT2D eigenvalue weighted by molar-refractivity contribution is -0.122. The lowest BCUT2D eigenvalue weighted by Gasteiger charge is -2.09. The molecular weight excluding hydrogens is 344 g/mol. The Morgan fingerprint density at radius 3 is 2.68 bits per heavy atom. The van der Waals surface area contributed by atoms with E-state index >= 15 is 0 Å². The minimum Gasteiger partial charge on any atom is -0.289 e. The largest absolute Gasteiger partial charge is 0.289 e. The maximum Gasteiger partial charge on any atom is 0.269 e. The second kappa shape index (κ2) is 7.14. The molecule has 126 valence electrons. The minimum atomic E-state index is -0.561. The van der Waals surface area contributed by atoms with Gasteiger partial charge in [-0.25, -0.2) is 4.98 Å². The monoisotopic (exact) mass is 356 g/mol. The highest BCUT2D eigenvalue weighted by atomic mass is 35.5. The summed E-state index contributed by atoms with van der Waals surface area (Å²) in [6.45, 7) is -0.271. The van der Waals surface area contributed by atoms with Gasteiger partial charge in [-0.2, -0.15) is 0 Å². The van der Waals surface area contributed by atoms with Crippen molar-refractivity contribution in [1.82, 2.24) is 20.4 Å². The number of fused-ring (bicyclic) bond motifs is 1. The van der Waals surface area contributed by atoms with Crippen LogP contribution in [0.5, 0.6) is 0 Å². The van der Waals surface area contributed by atoms with E-state index < -0.39 is 11.8 Å². The molecule has 2 amide bonds. The van der Waals surface area contributed by atoms with Gasteiger partial charge < -0.3 is 0 Å². The smallest absolute Gasteiger partial charge is 0.269 e. The van der Waals surface area contributed by atoms with E-state index in [9.17, 15) is 14.4 Å². The fraction of sp³-hybridized carbons (Fsp3) is 0.0588. The number of hydrazine groups is 1. The van der Waals surface area contributed by atoms with Crippen LogP contribution in [0.2, 0.25) is 5.02 Å². The van der Waals surface area contributed by atoms with Crippen LogP contribution in [0.15, 0.2) is 59.7 Å². The van der Waals surface area contributed by atoms with Crippen LogP contribution in [-0.2, 0) is 11.3 Å². The Bertz CT molecular complexity index is 1020. The average Bonchev–Trinajstić information content (AvgIpc) is 2.62. The van der Waals surface area contributed by atoms with Gasteiger partial charge in [-0.15, -0.1) is 0 Å². The van der Waals surface area contributed by atoms with Gasteiger partial charge in [0.05, 0.1) is 17.2 Å². The van der Waals surface area contributed by atoms with Crippen LogP contribution in [0, 0.1) is 0 Å². The summed E-state index contributed by atoms with van der Waals surface area (Å²) >= 11 is 5.81. The highest BCUT2D eigenvalue weighted by Crippen LogP contribution is 2.10. The van der Waals surface area contributed by atoms with Gasteiger partial charge in [0.25, 0.3) is 17.4 Å². The molecule has 1 aromatic heterocycles. The molecule has 1 heterocycles. The van der Waals surface area contributed by atoms with Crippen LogP contribution < -0.4 is 16.4 Å². The van der Waals surface area contributed by atoms with E-state index in [0.29, 0.717) is 21.5 Å². The molecule has 2 N–H and O–H groups in total. The fourth-order valence-corrected chi connectivity index (χ4v) is 2.43. The molecule has 7 nitrogen and oxygen atoms in total. The van der Waals surface area contributed by atoms with Gasteiger partial charge in [-0.1, -0.05) is 29.8 Å². The second-order valence-electron chi connectivity index (χ2n) is 5.21. The summed E-state index contributed by atoms with van der Waals surface area (Å²) in [5.74, 6) is -1.07. The Hall–Kier alpha value is -3.19. The number of aromatic nitrogens is 2. The lowest BCUT2D eigenvalue weighted by Crippen LogP contribution is -2.44. The quantitative estimate of drug-likeness (QED) is 0.696. The number of amides is 2. The molecule has 0 atom stereocenters. The molecule has 0 fully saturated rings. The second-order valence-corrected chi connectivity index (χ2v) is 5.64. The van der Waals surface area contributed by atoms with Crippen molar-refractivity contribution in [2.45, 2.75) is 6.54 Å². The Labute approximate surface area is 147 Å². The predicted octanol–water partition coefficient (Wildman–Crippen LogP) is 1.51. The standard InChI is InChI=1S/C17H13ClN4O3/c18-12-5-3-4-11(8-12)16(24)21-20-15(23)9-22-10-19-14-7-2-1-6-13(14)17(22)25/h1-8,10H,9H2,(H,20,23)(H,21,24). The van der Waals surface area contributed by atoms with Crippen molar-refractivity contribution in [3.05, 3.63) is 75.8 Å². The molecule has 0 saturated heterocycles. The average molecular weight is 357 g/mol. The van der Waals surface area contributed by atoms with E-state index in [-0.39, 0.29) is 12.1 Å². The van der Waals surface area contributed by atoms with Crippen molar-refractivity contribution in [2.24, 2.45) is 0 Å². The van der Waals surface area contributed by atoms with Crippen LogP contribution >= 0.6 is 11.6 Å². The van der Waals surface area contributed by atoms with E-state index in [0.717, 1.165) is 0 Å². The van der Waals surface area contributed by atoms with E-state index in [1.165, 1.54) is 17.0 Å². The lowest BCUT2D eigenvalue weighted by atomic mass is 10.2. The number of carbonyl (C=O) groups excluding carboxylic acids is 2. The van der Waals surface area contributed by atoms with Crippen molar-refractivity contribution in [1.29, 1.82) is 0 Å². The molecule has 0 spiro atoms. The van der Waals surface area contributed by atoms with Crippen LogP contribution in [0.1, 0.15) is 10.4 Å². The molecule has 0 unspecified atom stereocenters. The van der Waals surface area contributed by atoms with E-state index in [4.69, 9.17) is 11.6 Å². The van der Waals surface area contributed by atoms with Crippen LogP contribution in [0.3, 0.4) is 0 Å². The number of rotatable bonds is 3. The molecule has 3 rings (SSSR count). The van der Waals surface area contributed by atoms with Gasteiger partial charge in [0.1, 0.15) is 6.54 Å². The number of nitrogens with zero attached hydrogens (tertiary/aromatic N) is 2. The van der Waals surface area contributed by atoms with Gasteiger partial charge >= 0.3 is 0 Å². The van der Waals surface area contributed by atoms with Gasteiger partial charge in [0.15, 0.2) is 0 Å². The first-order valence-electron chi connectivity index (χ1n) is 7.33. The summed E-state index contributed by atoms with van der Waals surface area (Å²) in [5, 5.41) is 0.827. The SMILES string of the molecule is O=C(Cn1cnc2ccccc2c1=O)NNC(=O)c1cccc(Cl)c1. The predicted molar refractivity (Wildman–Crippen MR) is 93.1 cm³/mol. The number of hydrogen-bond acceptors (Lipinski definition) is 4. The van der Waals surface area contributed by atoms with Crippen LogP contribution in [-0.4, -0.2) is 21.4 Å². The maximum absolute atomic E-state index is 12.3. The molecule has 2 aromatic carbocycles. The Morgan fingerprint density at radius 1 is 1.08 bits per heavy atom. The number of para-hydroxylation sites is 1. The van der Waals surface area contributed by atoms with E-state index in [1.54, 1.807) is 42.5 Å². The topological polar surface area (TPSA) is 93.1 Å². The van der Waals surface area contributed by atoms with Crippen molar-refractivity contribution < 1.29 is 9.59 Å². The van der Waals surface area contributed by atoms with Crippen molar-refractivity contribution in [3.8, 4) is 0 Å². The summed E-state index contributed by atoms with van der Waals surface area (Å²) in [4.78, 5) is 40.3. The summed E-state index contributed by atoms with van der Waals surface area (Å²) in [5.41, 5.74) is 5.05. The third-order valence-corrected chi connectivity index (χ3v) is 3.68. The van der Waals surface area contributed by atoms with Crippen molar-refractivity contribution >= 4 is 34.3 Å². The first-order chi connectivity index (χ1) is 12.0. The van der Waals surface area contributed by atoms with Crippen LogP contribution in [0.25, 0.3) is 10.9 Å². The molecule has 0 bridgehead atoms. The van der Waals surface area contributed by atoms with Crippen LogP contribution in [0.4, 0.5) is 0 Å². The molecule has 0 saturated carbocycles. The maximum atomic E-state index is 12.3. The number of hydrogen-bond donors (Lipinski definition) is 2. The molecule has 25 heavy (non-hydrogen) atoms. The summed E-state index contributed by atoms with van der Waals surface area (Å²) in [7, 11) is 0. The third kappa shape index (κ3) is 3.84. The van der Waals surface area contributed by atoms with Gasteiger partial charge in [0, 0.05) is 10.6 Å². The fourth-order valence-electron chi connectivity index (χ4n) is 2.24. The zero-order chi connectivity index (χ0) is 17.8.